The molecule has 1 heterocycles. The van der Waals surface area contributed by atoms with Gasteiger partial charge in [-0.3, -0.25) is 14.4 Å². The lowest BCUT2D eigenvalue weighted by atomic mass is 9.98. The highest BCUT2D eigenvalue weighted by Gasteiger charge is 2.50. The van der Waals surface area contributed by atoms with Crippen LogP contribution in [0, 0.1) is 0 Å². The molecule has 0 aromatic carbocycles. The minimum Gasteiger partial charge on any atom is -0.479 e. The van der Waals surface area contributed by atoms with Gasteiger partial charge in [-0.15, -0.1) is 0 Å². The van der Waals surface area contributed by atoms with Crippen molar-refractivity contribution in [2.24, 2.45) is 0 Å². The molecule has 0 saturated carbocycles. The van der Waals surface area contributed by atoms with Gasteiger partial charge in [0, 0.05) is 19.3 Å². The molecule has 6 unspecified atom stereocenters. The van der Waals surface area contributed by atoms with Gasteiger partial charge in [-0.2, -0.15) is 0 Å². The quantitative estimate of drug-likeness (QED) is 0.0229. The second kappa shape index (κ2) is 46.5. The van der Waals surface area contributed by atoms with Crippen molar-refractivity contribution in [2.45, 2.75) is 225 Å². The third kappa shape index (κ3) is 36.9. The number of aliphatic hydroxyl groups is 2. The first kappa shape index (κ1) is 64.4. The number of esters is 3. The van der Waals surface area contributed by atoms with Crippen LogP contribution < -0.4 is 0 Å². The van der Waals surface area contributed by atoms with Gasteiger partial charge in [-0.05, 0) is 116 Å². The summed E-state index contributed by atoms with van der Waals surface area (Å²) in [5, 5.41) is 31.4. The van der Waals surface area contributed by atoms with Crippen LogP contribution in [0.15, 0.2) is 109 Å². The maximum atomic E-state index is 13.1. The van der Waals surface area contributed by atoms with Gasteiger partial charge in [0.05, 0.1) is 6.61 Å². The Labute approximate surface area is 427 Å². The molecule has 0 spiro atoms. The van der Waals surface area contributed by atoms with Gasteiger partial charge < -0.3 is 39.0 Å². The van der Waals surface area contributed by atoms with Crippen LogP contribution in [0.25, 0.3) is 0 Å². The topological polar surface area (TPSA) is 175 Å². The van der Waals surface area contributed by atoms with Crippen molar-refractivity contribution in [1.82, 2.24) is 0 Å². The van der Waals surface area contributed by atoms with E-state index >= 15 is 0 Å². The second-order valence-electron chi connectivity index (χ2n) is 17.7. The van der Waals surface area contributed by atoms with E-state index in [1.165, 1.54) is 0 Å². The van der Waals surface area contributed by atoms with Crippen molar-refractivity contribution in [1.29, 1.82) is 0 Å². The van der Waals surface area contributed by atoms with Crippen LogP contribution in [-0.2, 0) is 42.9 Å². The number of carbonyl (C=O) groups is 4. The molecule has 12 nitrogen and oxygen atoms in total. The molecule has 0 amide bonds. The zero-order valence-electron chi connectivity index (χ0n) is 43.7. The van der Waals surface area contributed by atoms with Crippen LogP contribution >= 0.6 is 0 Å². The van der Waals surface area contributed by atoms with Crippen LogP contribution in [-0.4, -0.2) is 89.2 Å². The Bertz CT molecular complexity index is 1650. The lowest BCUT2D eigenvalue weighted by molar-refractivity contribution is -0.301. The van der Waals surface area contributed by atoms with Gasteiger partial charge in [-0.1, -0.05) is 162 Å². The molecule has 0 bridgehead atoms. The summed E-state index contributed by atoms with van der Waals surface area (Å²) in [6.07, 6.45) is 49.3. The molecule has 3 N–H and O–H groups in total. The van der Waals surface area contributed by atoms with Crippen LogP contribution in [0.4, 0.5) is 0 Å². The highest BCUT2D eigenvalue weighted by atomic mass is 16.7. The molecule has 400 valence electrons. The molecule has 71 heavy (non-hydrogen) atoms. The zero-order chi connectivity index (χ0) is 51.8. The number of allylic oxidation sites excluding steroid dienone is 18. The summed E-state index contributed by atoms with van der Waals surface area (Å²) in [6, 6.07) is 0. The van der Waals surface area contributed by atoms with Crippen molar-refractivity contribution in [2.75, 3.05) is 13.2 Å². The molecule has 0 aliphatic carbocycles. The highest BCUT2D eigenvalue weighted by molar-refractivity contribution is 5.74. The summed E-state index contributed by atoms with van der Waals surface area (Å²) >= 11 is 0. The lowest BCUT2D eigenvalue weighted by Gasteiger charge is -2.40. The fraction of sp³-hybridized carbons (Fsp3) is 0.627. The van der Waals surface area contributed by atoms with E-state index in [0.29, 0.717) is 19.3 Å². The van der Waals surface area contributed by atoms with E-state index in [0.717, 1.165) is 128 Å². The Morgan fingerprint density at radius 2 is 0.887 bits per heavy atom. The number of ether oxygens (including phenoxy) is 5. The molecular formula is C59H92O12. The van der Waals surface area contributed by atoms with Gasteiger partial charge >= 0.3 is 23.9 Å². The van der Waals surface area contributed by atoms with Gasteiger partial charge in [-0.25, -0.2) is 4.79 Å². The molecule has 1 rings (SSSR count). The number of hydrogen-bond donors (Lipinski definition) is 3. The van der Waals surface area contributed by atoms with E-state index in [1.54, 1.807) is 0 Å². The maximum absolute atomic E-state index is 13.1. The van der Waals surface area contributed by atoms with Gasteiger partial charge in [0.15, 0.2) is 24.6 Å². The Morgan fingerprint density at radius 3 is 1.39 bits per heavy atom. The number of carbonyl (C=O) groups excluding carboxylic acids is 3. The highest BCUT2D eigenvalue weighted by Crippen LogP contribution is 2.26. The molecule has 12 heteroatoms. The second-order valence-corrected chi connectivity index (χ2v) is 17.7. The summed E-state index contributed by atoms with van der Waals surface area (Å²) in [7, 11) is 0. The first-order valence-electron chi connectivity index (χ1n) is 26.9. The Morgan fingerprint density at radius 1 is 0.479 bits per heavy atom. The van der Waals surface area contributed by atoms with E-state index in [1.807, 2.05) is 0 Å². The van der Waals surface area contributed by atoms with Crippen molar-refractivity contribution < 1.29 is 58.2 Å². The molecule has 6 atom stereocenters. The molecule has 1 aliphatic heterocycles. The zero-order valence-corrected chi connectivity index (χ0v) is 43.7. The first-order chi connectivity index (χ1) is 34.6. The van der Waals surface area contributed by atoms with E-state index in [-0.39, 0.29) is 25.9 Å². The molecule has 1 fully saturated rings. The summed E-state index contributed by atoms with van der Waals surface area (Å²) in [5.41, 5.74) is 0. The monoisotopic (exact) mass is 993 g/mol. The minimum absolute atomic E-state index is 0.0306. The predicted octanol–water partition coefficient (Wildman–Crippen LogP) is 13.1. The van der Waals surface area contributed by atoms with Crippen molar-refractivity contribution in [3.63, 3.8) is 0 Å². The van der Waals surface area contributed by atoms with E-state index < -0.39 is 67.3 Å². The summed E-state index contributed by atoms with van der Waals surface area (Å²) < 4.78 is 28.2. The predicted molar refractivity (Wildman–Crippen MR) is 284 cm³/mol. The third-order valence-electron chi connectivity index (χ3n) is 11.3. The minimum atomic E-state index is -1.92. The van der Waals surface area contributed by atoms with E-state index in [9.17, 15) is 34.5 Å². The number of carboxylic acid groups (broad SMARTS) is 1. The average Bonchev–Trinajstić information content (AvgIpc) is 3.35. The molecular weight excluding hydrogens is 901 g/mol. The van der Waals surface area contributed by atoms with Crippen LogP contribution in [0.2, 0.25) is 0 Å². The van der Waals surface area contributed by atoms with Crippen LogP contribution in [0.1, 0.15) is 188 Å². The summed E-state index contributed by atoms with van der Waals surface area (Å²) in [6.45, 7) is 5.59. The summed E-state index contributed by atoms with van der Waals surface area (Å²) in [4.78, 5) is 50.9. The normalized spacial score (nSPS) is 19.4. The molecule has 0 radical (unpaired) electrons. The number of unbranched alkanes of at least 4 members (excludes halogenated alkanes) is 11. The standard InChI is InChI=1S/C59H92O12/c1-4-7-10-13-16-19-22-25-26-29-30-33-36-39-42-45-51(60)67-48-50(69-52(61)46-43-40-37-34-31-27-23-20-17-14-11-8-5-2)49-68-59-57(55(64)54(63)56(71-59)58(65)66)70-53(62)47-44-41-38-35-32-28-24-21-18-15-12-9-6-3/h7-8,10-12,15-17,19-21,24-27,30-31,33,50,54-57,59,63-64H,4-6,9,13-14,18,22-23,28-29,32,34-49H2,1-3H3,(H,65,66)/b10-7-,11-8-,15-12-,19-16-,20-17-,24-21-,26-25-,31-27-,33-30-. The molecule has 1 saturated heterocycles. The molecule has 0 aromatic heterocycles. The maximum Gasteiger partial charge on any atom is 0.335 e. The van der Waals surface area contributed by atoms with Crippen molar-refractivity contribution in [3.05, 3.63) is 109 Å². The largest absolute Gasteiger partial charge is 0.479 e. The van der Waals surface area contributed by atoms with Crippen LogP contribution in [0.3, 0.4) is 0 Å². The number of aliphatic carboxylic acids is 1. The van der Waals surface area contributed by atoms with Crippen LogP contribution in [0.5, 0.6) is 0 Å². The number of rotatable bonds is 43. The number of hydrogen-bond acceptors (Lipinski definition) is 11. The van der Waals surface area contributed by atoms with E-state index in [4.69, 9.17) is 23.7 Å². The first-order valence-corrected chi connectivity index (χ1v) is 26.9. The van der Waals surface area contributed by atoms with Gasteiger partial charge in [0.2, 0.25) is 0 Å². The lowest BCUT2D eigenvalue weighted by Crippen LogP contribution is -2.61. The third-order valence-corrected chi connectivity index (χ3v) is 11.3. The fourth-order valence-corrected chi connectivity index (χ4v) is 7.23. The molecule has 1 aliphatic rings. The number of aliphatic hydroxyl groups excluding tert-OH is 2. The van der Waals surface area contributed by atoms with Crippen molar-refractivity contribution in [3.8, 4) is 0 Å². The Hall–Kier alpha value is -4.62. The smallest absolute Gasteiger partial charge is 0.335 e. The SMILES string of the molecule is CC/C=C\C/C=C\C/C=C\C/C=C\CCCCC(=O)OCC(COC1OC(C(=O)O)C(O)C(O)C1OC(=O)CCCCCCC/C=C\C/C=C\CCC)OC(=O)CCCCC/C=C\C/C=C\C/C=C\CC. The van der Waals surface area contributed by atoms with Gasteiger partial charge in [0.25, 0.3) is 0 Å². The van der Waals surface area contributed by atoms with E-state index in [2.05, 4.69) is 130 Å². The Kier molecular flexibility index (Phi) is 42.1. The van der Waals surface area contributed by atoms with Crippen molar-refractivity contribution >= 4 is 23.9 Å². The summed E-state index contributed by atoms with van der Waals surface area (Å²) in [5.74, 6) is -3.26. The van der Waals surface area contributed by atoms with Gasteiger partial charge in [0.1, 0.15) is 18.8 Å². The fourth-order valence-electron chi connectivity index (χ4n) is 7.23. The Balaban J connectivity index is 2.79. The molecule has 0 aromatic rings. The number of carboxylic acids is 1. The average molecular weight is 993 g/mol.